The summed E-state index contributed by atoms with van der Waals surface area (Å²) in [5, 5.41) is 31.1. The van der Waals surface area contributed by atoms with E-state index in [-0.39, 0.29) is 37.3 Å². The second kappa shape index (κ2) is 16.5. The largest absolute Gasteiger partial charge is 0.408 e. The van der Waals surface area contributed by atoms with Crippen LogP contribution >= 0.6 is 19.5 Å². The molecule has 41 heavy (non-hydrogen) atoms. The van der Waals surface area contributed by atoms with Gasteiger partial charge in [-0.1, -0.05) is 45.9 Å². The molecule has 0 aromatic carbocycles. The van der Waals surface area contributed by atoms with Crippen molar-refractivity contribution in [1.82, 2.24) is 14.2 Å². The monoisotopic (exact) mass is 624 g/mol. The summed E-state index contributed by atoms with van der Waals surface area (Å²) in [4.78, 5) is 28.4. The highest BCUT2D eigenvalue weighted by molar-refractivity contribution is 8.13. The number of rotatable bonds is 17. The van der Waals surface area contributed by atoms with E-state index in [1.165, 1.54) is 19.2 Å². The maximum absolute atomic E-state index is 14.2. The highest BCUT2D eigenvalue weighted by atomic mass is 32.2. The maximum Gasteiger partial charge on any atom is 0.408 e. The van der Waals surface area contributed by atoms with Gasteiger partial charge >= 0.3 is 13.4 Å². The molecule has 1 aromatic heterocycles. The Labute approximate surface area is 247 Å². The van der Waals surface area contributed by atoms with E-state index in [1.807, 2.05) is 13.8 Å². The molecule has 13 nitrogen and oxygen atoms in total. The number of aliphatic hydroxyl groups excluding tert-OH is 2. The molecule has 0 bridgehead atoms. The number of hydrogen-bond donors (Lipinski definition) is 4. The molecule has 0 radical (unpaired) electrons. The Kier molecular flexibility index (Phi) is 15.1. The number of unbranched alkanes of at least 4 members (excludes halogenated alkanes) is 2. The van der Waals surface area contributed by atoms with Crippen LogP contribution in [0.4, 0.5) is 5.82 Å². The fourth-order valence-electron chi connectivity index (χ4n) is 3.94. The molecule has 1 aromatic rings. The SMILES string of the molecule is C.CCCCN(CCCC)P(=O)(OCCSC(=O)C(C)(C)CO)OC[C@H]1O[C@@H](n2ccc(N)nc2=O)[C@](C)(O)[C@@H]1O. The van der Waals surface area contributed by atoms with E-state index < -0.39 is 49.5 Å². The predicted molar refractivity (Wildman–Crippen MR) is 159 cm³/mol. The second-order valence-electron chi connectivity index (χ2n) is 10.7. The Balaban J connectivity index is 0.00000840. The van der Waals surface area contributed by atoms with Crippen LogP contribution in [0, 0.1) is 5.41 Å². The molecular weight excluding hydrogens is 575 g/mol. The van der Waals surface area contributed by atoms with E-state index in [4.69, 9.17) is 19.5 Å². The third kappa shape index (κ3) is 9.84. The lowest BCUT2D eigenvalue weighted by molar-refractivity contribution is -0.119. The van der Waals surface area contributed by atoms with Gasteiger partial charge in [0.1, 0.15) is 23.6 Å². The van der Waals surface area contributed by atoms with Crippen LogP contribution in [0.5, 0.6) is 0 Å². The number of aromatic nitrogens is 2. The van der Waals surface area contributed by atoms with Crippen molar-refractivity contribution in [2.24, 2.45) is 5.41 Å². The summed E-state index contributed by atoms with van der Waals surface area (Å²) < 4.78 is 34.3. The minimum atomic E-state index is -3.94. The van der Waals surface area contributed by atoms with Crippen molar-refractivity contribution in [3.8, 4) is 0 Å². The molecule has 2 rings (SSSR count). The Hall–Kier alpha value is -1.35. The molecule has 15 heteroatoms. The number of ether oxygens (including phenoxy) is 1. The first kappa shape index (κ1) is 37.7. The first-order chi connectivity index (χ1) is 18.7. The zero-order valence-electron chi connectivity index (χ0n) is 24.0. The Morgan fingerprint density at radius 3 is 2.44 bits per heavy atom. The third-order valence-electron chi connectivity index (χ3n) is 6.67. The molecular formula is C26H49N4O9PS. The van der Waals surface area contributed by atoms with Gasteiger partial charge in [-0.3, -0.25) is 18.4 Å². The highest BCUT2D eigenvalue weighted by Gasteiger charge is 2.54. The molecule has 1 fully saturated rings. The number of carbonyl (C=O) groups is 1. The van der Waals surface area contributed by atoms with Gasteiger partial charge in [0.2, 0.25) is 0 Å². The molecule has 0 saturated carbocycles. The van der Waals surface area contributed by atoms with Crippen LogP contribution in [0.3, 0.4) is 0 Å². The molecule has 5 atom stereocenters. The van der Waals surface area contributed by atoms with Crippen LogP contribution in [0.2, 0.25) is 0 Å². The summed E-state index contributed by atoms with van der Waals surface area (Å²) in [6.07, 6.45) is 0.541. The summed E-state index contributed by atoms with van der Waals surface area (Å²) >= 11 is 0.976. The van der Waals surface area contributed by atoms with E-state index in [9.17, 15) is 29.5 Å². The average Bonchev–Trinajstić information content (AvgIpc) is 3.13. The first-order valence-corrected chi connectivity index (χ1v) is 16.0. The molecule has 0 aliphatic carbocycles. The lowest BCUT2D eigenvalue weighted by atomic mass is 9.96. The normalized spacial score (nSPS) is 24.3. The minimum absolute atomic E-state index is 0. The van der Waals surface area contributed by atoms with Gasteiger partial charge in [-0.15, -0.1) is 0 Å². The van der Waals surface area contributed by atoms with Crippen LogP contribution in [0.25, 0.3) is 0 Å². The van der Waals surface area contributed by atoms with Gasteiger partial charge in [-0.25, -0.2) is 14.0 Å². The van der Waals surface area contributed by atoms with Crippen molar-refractivity contribution in [3.63, 3.8) is 0 Å². The fraction of sp³-hybridized carbons (Fsp3) is 0.808. The van der Waals surface area contributed by atoms with Gasteiger partial charge in [0, 0.05) is 25.0 Å². The van der Waals surface area contributed by atoms with E-state index in [1.54, 1.807) is 18.5 Å². The van der Waals surface area contributed by atoms with Crippen molar-refractivity contribution < 1.29 is 38.5 Å². The van der Waals surface area contributed by atoms with Gasteiger partial charge in [-0.05, 0) is 39.7 Å². The summed E-state index contributed by atoms with van der Waals surface area (Å²) in [6.45, 7) is 8.73. The molecule has 0 spiro atoms. The lowest BCUT2D eigenvalue weighted by Crippen LogP contribution is -2.46. The van der Waals surface area contributed by atoms with E-state index in [0.717, 1.165) is 42.0 Å². The molecule has 1 aliphatic rings. The lowest BCUT2D eigenvalue weighted by Gasteiger charge is -2.31. The number of carbonyl (C=O) groups excluding carboxylic acids is 1. The fourth-order valence-corrected chi connectivity index (χ4v) is 6.70. The smallest absolute Gasteiger partial charge is 0.395 e. The first-order valence-electron chi connectivity index (χ1n) is 13.6. The van der Waals surface area contributed by atoms with Gasteiger partial charge in [0.25, 0.3) is 0 Å². The molecule has 1 saturated heterocycles. The van der Waals surface area contributed by atoms with Crippen molar-refractivity contribution in [2.45, 2.75) is 91.8 Å². The molecule has 1 aliphatic heterocycles. The van der Waals surface area contributed by atoms with Crippen molar-refractivity contribution >= 4 is 30.4 Å². The topological polar surface area (TPSA) is 187 Å². The summed E-state index contributed by atoms with van der Waals surface area (Å²) in [7, 11) is -3.94. The average molecular weight is 625 g/mol. The Morgan fingerprint density at radius 1 is 1.29 bits per heavy atom. The maximum atomic E-state index is 14.2. The number of anilines is 1. The van der Waals surface area contributed by atoms with Gasteiger partial charge in [-0.2, -0.15) is 4.98 Å². The molecule has 2 heterocycles. The number of nitrogens with two attached hydrogens (primary N) is 1. The van der Waals surface area contributed by atoms with Crippen LogP contribution in [0.15, 0.2) is 17.1 Å². The van der Waals surface area contributed by atoms with E-state index >= 15 is 0 Å². The zero-order valence-corrected chi connectivity index (χ0v) is 25.7. The summed E-state index contributed by atoms with van der Waals surface area (Å²) in [5.74, 6) is 0.189. The van der Waals surface area contributed by atoms with Gasteiger partial charge in [0.05, 0.1) is 25.2 Å². The van der Waals surface area contributed by atoms with Crippen molar-refractivity contribution in [3.05, 3.63) is 22.7 Å². The Morgan fingerprint density at radius 2 is 1.90 bits per heavy atom. The van der Waals surface area contributed by atoms with Crippen LogP contribution in [-0.2, 0) is 23.1 Å². The van der Waals surface area contributed by atoms with E-state index in [2.05, 4.69) is 4.98 Å². The van der Waals surface area contributed by atoms with Crippen LogP contribution in [0.1, 0.15) is 74.0 Å². The quantitative estimate of drug-likeness (QED) is 0.147. The number of thioether (sulfide) groups is 1. The molecule has 1 unspecified atom stereocenters. The van der Waals surface area contributed by atoms with Gasteiger partial charge < -0.3 is 25.8 Å². The molecule has 238 valence electrons. The second-order valence-corrected chi connectivity index (χ2v) is 13.8. The molecule has 5 N–H and O–H groups in total. The van der Waals surface area contributed by atoms with Crippen LogP contribution in [-0.4, -0.2) is 91.1 Å². The number of nitrogens with zero attached hydrogens (tertiary/aromatic N) is 3. The number of nitrogen functional groups attached to an aromatic ring is 1. The van der Waals surface area contributed by atoms with E-state index in [0.29, 0.717) is 13.1 Å². The third-order valence-corrected chi connectivity index (χ3v) is 9.93. The minimum Gasteiger partial charge on any atom is -0.395 e. The zero-order chi connectivity index (χ0) is 30.1. The van der Waals surface area contributed by atoms with Gasteiger partial charge in [0.15, 0.2) is 11.3 Å². The van der Waals surface area contributed by atoms with Crippen molar-refractivity contribution in [2.75, 3.05) is 44.4 Å². The van der Waals surface area contributed by atoms with Crippen LogP contribution < -0.4 is 11.4 Å². The number of aliphatic hydroxyl groups is 3. The standard InChI is InChI=1S/C25H45N4O9PS.CH4/c1-6-8-11-28(12-9-7-2)39(35,36-14-15-40-22(32)24(3,4)17-30)37-16-18-20(31)25(5,34)21(38-18)29-13-10-19(26)27-23(29)33;/h10,13,18,20-21,30-31,34H,6-9,11-12,14-17H2,1-5H3,(H2,26,27,33);1H4/t18-,20-,21-,25-,39?;/m1./s1. The molecule has 0 amide bonds. The predicted octanol–water partition coefficient (Wildman–Crippen LogP) is 2.79. The summed E-state index contributed by atoms with van der Waals surface area (Å²) in [6, 6.07) is 1.36. The summed E-state index contributed by atoms with van der Waals surface area (Å²) in [5.41, 5.74) is 1.98. The highest BCUT2D eigenvalue weighted by Crippen LogP contribution is 2.53. The van der Waals surface area contributed by atoms with Crippen molar-refractivity contribution in [1.29, 1.82) is 0 Å². The number of hydrogen-bond acceptors (Lipinski definition) is 12. The Bertz CT molecular complexity index is 1060.